The van der Waals surface area contributed by atoms with Gasteiger partial charge in [0.05, 0.1) is 10.2 Å². The Morgan fingerprint density at radius 2 is 2.03 bits per heavy atom. The number of benzene rings is 2. The van der Waals surface area contributed by atoms with E-state index in [1.807, 2.05) is 30.3 Å². The normalized spacial score (nSPS) is 14.1. The number of thiazole rings is 1. The highest BCUT2D eigenvalue weighted by Gasteiger charge is 2.16. The molecule has 4 rings (SSSR count). The Morgan fingerprint density at radius 1 is 1.28 bits per heavy atom. The third-order valence-corrected chi connectivity index (χ3v) is 6.36. The molecule has 0 aliphatic carbocycles. The van der Waals surface area contributed by atoms with Crippen LogP contribution in [-0.4, -0.2) is 35.7 Å². The number of thioether (sulfide) groups is 1. The molecule has 0 saturated carbocycles. The first-order valence-corrected chi connectivity index (χ1v) is 11.7. The molecule has 1 aliphatic rings. The minimum absolute atomic E-state index is 0.327. The summed E-state index contributed by atoms with van der Waals surface area (Å²) < 4.78 is 14.5. The van der Waals surface area contributed by atoms with Crippen LogP contribution in [0.5, 0.6) is 11.5 Å². The highest BCUT2D eigenvalue weighted by Crippen LogP contribution is 2.35. The molecular formula is C21H19ClN2O3S2. The summed E-state index contributed by atoms with van der Waals surface area (Å²) in [5.41, 5.74) is 1.78. The third kappa shape index (κ3) is 4.52. The Kier molecular flexibility index (Phi) is 6.28. The molecule has 1 aromatic heterocycles. The van der Waals surface area contributed by atoms with Gasteiger partial charge in [0.2, 0.25) is 0 Å². The quantitative estimate of drug-likeness (QED) is 0.536. The van der Waals surface area contributed by atoms with E-state index in [1.54, 1.807) is 23.9 Å². The standard InChI is InChI=1S/C21H19ClN2O3S2/c1-28-11-8-24-16-12-17-18(27-10-9-26-17)13-19(16)29-21(24)23-20(25)7-6-14-4-2-3-5-15(14)22/h2-7,12-13H,8-11H2,1H3. The van der Waals surface area contributed by atoms with Crippen molar-refractivity contribution >= 4 is 56.9 Å². The molecule has 0 unspecified atom stereocenters. The van der Waals surface area contributed by atoms with Gasteiger partial charge in [-0.3, -0.25) is 4.79 Å². The lowest BCUT2D eigenvalue weighted by Crippen LogP contribution is -2.18. The smallest absolute Gasteiger partial charge is 0.272 e. The Balaban J connectivity index is 1.73. The maximum absolute atomic E-state index is 12.5. The van der Waals surface area contributed by atoms with Crippen molar-refractivity contribution in [2.75, 3.05) is 25.2 Å². The van der Waals surface area contributed by atoms with Crippen LogP contribution in [0.4, 0.5) is 0 Å². The molecule has 1 amide bonds. The van der Waals surface area contributed by atoms with E-state index in [0.29, 0.717) is 23.0 Å². The SMILES string of the molecule is CSCCn1c(=NC(=O)C=Cc2ccccc2Cl)sc2cc3c(cc21)OCCO3. The van der Waals surface area contributed by atoms with Gasteiger partial charge in [-0.05, 0) is 24.0 Å². The lowest BCUT2D eigenvalue weighted by Gasteiger charge is -2.18. The molecule has 0 fully saturated rings. The number of aromatic nitrogens is 1. The highest BCUT2D eigenvalue weighted by atomic mass is 35.5. The summed E-state index contributed by atoms with van der Waals surface area (Å²) in [5.74, 6) is 2.05. The number of carbonyl (C=O) groups excluding carboxylic acids is 1. The Morgan fingerprint density at radius 3 is 2.79 bits per heavy atom. The zero-order chi connectivity index (χ0) is 20.2. The number of nitrogens with zero attached hydrogens (tertiary/aromatic N) is 2. The van der Waals surface area contributed by atoms with E-state index in [2.05, 4.69) is 15.8 Å². The monoisotopic (exact) mass is 446 g/mol. The van der Waals surface area contributed by atoms with Gasteiger partial charge in [0, 0.05) is 35.5 Å². The molecule has 1 aliphatic heterocycles. The van der Waals surface area contributed by atoms with Crippen LogP contribution < -0.4 is 14.3 Å². The zero-order valence-corrected chi connectivity index (χ0v) is 18.1. The fourth-order valence-electron chi connectivity index (χ4n) is 2.99. The molecule has 0 spiro atoms. The summed E-state index contributed by atoms with van der Waals surface area (Å²) in [4.78, 5) is 17.5. The van der Waals surface area contributed by atoms with Crippen LogP contribution in [0.15, 0.2) is 47.5 Å². The van der Waals surface area contributed by atoms with Crippen molar-refractivity contribution in [2.45, 2.75) is 6.54 Å². The van der Waals surface area contributed by atoms with Crippen LogP contribution in [0, 0.1) is 0 Å². The first-order valence-electron chi connectivity index (χ1n) is 9.09. The van der Waals surface area contributed by atoms with Gasteiger partial charge in [0.15, 0.2) is 16.3 Å². The van der Waals surface area contributed by atoms with E-state index < -0.39 is 0 Å². The van der Waals surface area contributed by atoms with Gasteiger partial charge in [0.1, 0.15) is 13.2 Å². The first kappa shape index (κ1) is 20.1. The fraction of sp³-hybridized carbons (Fsp3) is 0.238. The molecule has 0 saturated heterocycles. The molecule has 3 aromatic rings. The zero-order valence-electron chi connectivity index (χ0n) is 15.8. The minimum atomic E-state index is -0.327. The average Bonchev–Trinajstić information content (AvgIpc) is 3.05. The third-order valence-electron chi connectivity index (χ3n) is 4.38. The largest absolute Gasteiger partial charge is 0.486 e. The molecule has 0 bridgehead atoms. The molecular weight excluding hydrogens is 428 g/mol. The van der Waals surface area contributed by atoms with Crippen molar-refractivity contribution in [2.24, 2.45) is 4.99 Å². The Hall–Kier alpha value is -2.22. The average molecular weight is 447 g/mol. The van der Waals surface area contributed by atoms with E-state index in [0.717, 1.165) is 39.6 Å². The summed E-state index contributed by atoms with van der Waals surface area (Å²) in [6, 6.07) is 11.3. The topological polar surface area (TPSA) is 52.8 Å². The summed E-state index contributed by atoms with van der Waals surface area (Å²) in [7, 11) is 0. The van der Waals surface area contributed by atoms with E-state index in [9.17, 15) is 4.79 Å². The number of ether oxygens (including phenoxy) is 2. The summed E-state index contributed by atoms with van der Waals surface area (Å²) in [6.07, 6.45) is 5.19. The van der Waals surface area contributed by atoms with Crippen molar-refractivity contribution in [1.29, 1.82) is 0 Å². The van der Waals surface area contributed by atoms with Crippen molar-refractivity contribution in [3.05, 3.63) is 57.9 Å². The van der Waals surface area contributed by atoms with Gasteiger partial charge in [0.25, 0.3) is 5.91 Å². The van der Waals surface area contributed by atoms with Crippen molar-refractivity contribution in [3.63, 3.8) is 0 Å². The second-order valence-electron chi connectivity index (χ2n) is 6.30. The molecule has 2 heterocycles. The van der Waals surface area contributed by atoms with Gasteiger partial charge in [-0.1, -0.05) is 41.1 Å². The molecule has 8 heteroatoms. The summed E-state index contributed by atoms with van der Waals surface area (Å²) in [6.45, 7) is 1.83. The van der Waals surface area contributed by atoms with Crippen LogP contribution in [0.1, 0.15) is 5.56 Å². The number of halogens is 1. The molecule has 150 valence electrons. The maximum Gasteiger partial charge on any atom is 0.272 e. The van der Waals surface area contributed by atoms with Gasteiger partial charge in [-0.15, -0.1) is 0 Å². The highest BCUT2D eigenvalue weighted by molar-refractivity contribution is 7.98. The molecule has 2 aromatic carbocycles. The van der Waals surface area contributed by atoms with E-state index >= 15 is 0 Å². The van der Waals surface area contributed by atoms with E-state index in [4.69, 9.17) is 21.1 Å². The summed E-state index contributed by atoms with van der Waals surface area (Å²) >= 11 is 9.36. The summed E-state index contributed by atoms with van der Waals surface area (Å²) in [5, 5.41) is 0.596. The van der Waals surface area contributed by atoms with Crippen molar-refractivity contribution < 1.29 is 14.3 Å². The Labute approximate surface area is 181 Å². The Bertz CT molecular complexity index is 1150. The van der Waals surface area contributed by atoms with Gasteiger partial charge < -0.3 is 14.0 Å². The number of amides is 1. The van der Waals surface area contributed by atoms with E-state index in [1.165, 1.54) is 17.4 Å². The van der Waals surface area contributed by atoms with Gasteiger partial charge in [-0.2, -0.15) is 16.8 Å². The second-order valence-corrected chi connectivity index (χ2v) is 8.70. The van der Waals surface area contributed by atoms with Crippen LogP contribution in [0.2, 0.25) is 5.02 Å². The van der Waals surface area contributed by atoms with Crippen LogP contribution in [0.25, 0.3) is 16.3 Å². The van der Waals surface area contributed by atoms with Crippen LogP contribution in [-0.2, 0) is 11.3 Å². The predicted molar refractivity (Wildman–Crippen MR) is 120 cm³/mol. The van der Waals surface area contributed by atoms with Crippen LogP contribution in [0.3, 0.4) is 0 Å². The second kappa shape index (κ2) is 9.07. The van der Waals surface area contributed by atoms with Crippen molar-refractivity contribution in [1.82, 2.24) is 4.57 Å². The van der Waals surface area contributed by atoms with Crippen LogP contribution >= 0.6 is 34.7 Å². The first-order chi connectivity index (χ1) is 14.2. The lowest BCUT2D eigenvalue weighted by molar-refractivity contribution is -0.113. The number of fused-ring (bicyclic) bond motifs is 2. The maximum atomic E-state index is 12.5. The number of carbonyl (C=O) groups is 1. The van der Waals surface area contributed by atoms with E-state index in [-0.39, 0.29) is 5.91 Å². The van der Waals surface area contributed by atoms with Gasteiger partial charge >= 0.3 is 0 Å². The fourth-order valence-corrected chi connectivity index (χ4v) is 4.63. The molecule has 5 nitrogen and oxygen atoms in total. The van der Waals surface area contributed by atoms with Crippen molar-refractivity contribution in [3.8, 4) is 11.5 Å². The number of rotatable bonds is 5. The lowest BCUT2D eigenvalue weighted by atomic mass is 10.2. The number of hydrogen-bond acceptors (Lipinski definition) is 5. The molecule has 0 N–H and O–H groups in total. The molecule has 29 heavy (non-hydrogen) atoms. The number of hydrogen-bond donors (Lipinski definition) is 0. The predicted octanol–water partition coefficient (Wildman–Crippen LogP) is 4.63. The molecule has 0 atom stereocenters. The van der Waals surface area contributed by atoms with Gasteiger partial charge in [-0.25, -0.2) is 0 Å². The molecule has 0 radical (unpaired) electrons. The minimum Gasteiger partial charge on any atom is -0.486 e. The number of aryl methyl sites for hydroxylation is 1.